The largest absolute Gasteiger partial charge is 0.457 e. The number of nitrogens with two attached hydrogens (primary N) is 1. The maximum atomic E-state index is 15.9. The van der Waals surface area contributed by atoms with E-state index in [0.29, 0.717) is 37.6 Å². The molecule has 4 amide bonds. The number of alkyl halides is 1. The van der Waals surface area contributed by atoms with Crippen LogP contribution in [0.1, 0.15) is 58.9 Å². The highest BCUT2D eigenvalue weighted by Crippen LogP contribution is 2.37. The fraction of sp³-hybridized carbons (Fsp3) is 0.386. The molecule has 0 radical (unpaired) electrons. The number of hydrogen-bond donors (Lipinski definition) is 2. The number of imide groups is 2. The topological polar surface area (TPSA) is 172 Å². The van der Waals surface area contributed by atoms with Crippen LogP contribution < -0.4 is 20.7 Å². The molecule has 3 aromatic carbocycles. The minimum Gasteiger partial charge on any atom is -0.457 e. The fourth-order valence-electron chi connectivity index (χ4n) is 9.50. The Labute approximate surface area is 345 Å². The highest BCUT2D eigenvalue weighted by molar-refractivity contribution is 6.23. The van der Waals surface area contributed by atoms with Crippen molar-refractivity contribution in [3.05, 3.63) is 90.3 Å². The molecule has 4 saturated heterocycles. The summed E-state index contributed by atoms with van der Waals surface area (Å²) in [5.74, 6) is -0.255. The zero-order valence-electron chi connectivity index (χ0n) is 33.0. The number of aromatic nitrogens is 4. The van der Waals surface area contributed by atoms with Gasteiger partial charge in [-0.15, -0.1) is 0 Å². The van der Waals surface area contributed by atoms with Crippen LogP contribution in [0, 0.1) is 5.92 Å². The van der Waals surface area contributed by atoms with Crippen molar-refractivity contribution >= 4 is 46.2 Å². The van der Waals surface area contributed by atoms with Gasteiger partial charge in [-0.25, -0.2) is 19.0 Å². The molecular weight excluding hydrogens is 768 g/mol. The summed E-state index contributed by atoms with van der Waals surface area (Å²) < 4.78 is 23.9. The number of benzene rings is 3. The van der Waals surface area contributed by atoms with Crippen LogP contribution in [-0.2, 0) is 9.59 Å². The number of anilines is 2. The maximum absolute atomic E-state index is 15.9. The van der Waals surface area contributed by atoms with Crippen molar-refractivity contribution in [2.24, 2.45) is 5.92 Å². The van der Waals surface area contributed by atoms with Gasteiger partial charge in [0.15, 0.2) is 5.65 Å². The summed E-state index contributed by atoms with van der Waals surface area (Å²) in [6, 6.07) is 21.9. The number of amides is 4. The smallest absolute Gasteiger partial charge is 0.262 e. The molecule has 0 saturated carbocycles. The first kappa shape index (κ1) is 38.0. The molecule has 3 atom stereocenters. The van der Waals surface area contributed by atoms with Gasteiger partial charge in [0.25, 0.3) is 11.8 Å². The summed E-state index contributed by atoms with van der Waals surface area (Å²) in [6.45, 7) is 4.97. The highest BCUT2D eigenvalue weighted by Gasteiger charge is 2.45. The summed E-state index contributed by atoms with van der Waals surface area (Å²) in [5.41, 5.74) is 10.1. The van der Waals surface area contributed by atoms with E-state index in [1.807, 2.05) is 65.3 Å². The van der Waals surface area contributed by atoms with Gasteiger partial charge in [-0.3, -0.25) is 34.3 Å². The van der Waals surface area contributed by atoms with Crippen molar-refractivity contribution in [3.8, 4) is 22.8 Å². The van der Waals surface area contributed by atoms with Crippen LogP contribution in [0.2, 0.25) is 0 Å². The quantitative estimate of drug-likeness (QED) is 0.201. The van der Waals surface area contributed by atoms with Crippen LogP contribution in [0.4, 0.5) is 15.9 Å². The lowest BCUT2D eigenvalue weighted by molar-refractivity contribution is -0.136. The van der Waals surface area contributed by atoms with E-state index < -0.39 is 35.8 Å². The third-order valence-electron chi connectivity index (χ3n) is 12.9. The number of para-hydroxylation sites is 1. The molecule has 15 nitrogen and oxygen atoms in total. The summed E-state index contributed by atoms with van der Waals surface area (Å²) in [7, 11) is 0. The van der Waals surface area contributed by atoms with Crippen molar-refractivity contribution in [2.45, 2.75) is 56.4 Å². The minimum absolute atomic E-state index is 0.0416. The van der Waals surface area contributed by atoms with Gasteiger partial charge in [0.05, 0.1) is 22.6 Å². The molecule has 0 aliphatic carbocycles. The molecule has 2 aromatic heterocycles. The lowest BCUT2D eigenvalue weighted by Gasteiger charge is -2.49. The lowest BCUT2D eigenvalue weighted by atomic mass is 9.91. The van der Waals surface area contributed by atoms with Crippen LogP contribution in [0.15, 0.2) is 79.1 Å². The van der Waals surface area contributed by atoms with Gasteiger partial charge in [0.1, 0.15) is 41.6 Å². The van der Waals surface area contributed by atoms with Gasteiger partial charge in [0, 0.05) is 68.9 Å². The van der Waals surface area contributed by atoms with Crippen molar-refractivity contribution in [1.82, 2.24) is 39.8 Å². The molecule has 5 aliphatic rings. The predicted molar refractivity (Wildman–Crippen MR) is 220 cm³/mol. The highest BCUT2D eigenvalue weighted by atomic mass is 19.1. The van der Waals surface area contributed by atoms with Gasteiger partial charge in [-0.1, -0.05) is 18.2 Å². The van der Waals surface area contributed by atoms with E-state index in [4.69, 9.17) is 15.6 Å². The van der Waals surface area contributed by atoms with Crippen molar-refractivity contribution in [1.29, 1.82) is 0 Å². The van der Waals surface area contributed by atoms with E-state index in [9.17, 15) is 19.2 Å². The van der Waals surface area contributed by atoms with Gasteiger partial charge in [0.2, 0.25) is 11.8 Å². The third kappa shape index (κ3) is 6.92. The van der Waals surface area contributed by atoms with Gasteiger partial charge in [-0.2, -0.15) is 5.10 Å². The molecule has 60 heavy (non-hydrogen) atoms. The number of likely N-dealkylation sites (tertiary alicyclic amines) is 2. The standard InChI is InChI=1S/C44H45FN10O5/c45-35-24-52(30-22-53(23-30)29-8-11-33-34(20-29)44(59)54(43(33)58)36-12-13-37(56)49-42(36)57)19-14-27(35)21-51-17-15-28(16-18-51)55-41-38(40(46)47-25-48-41)39(50-55)26-6-9-32(10-7-26)60-31-4-2-1-3-5-31/h1-11,20,25,27-28,30,35-36H,12-19,21-24H2,(H2,46,47,48)(H,49,56,57)/t27?,35-,36?/m1/s1. The maximum Gasteiger partial charge on any atom is 0.262 e. The second kappa shape index (κ2) is 15.4. The van der Waals surface area contributed by atoms with E-state index in [-0.39, 0.29) is 42.0 Å². The molecule has 10 rings (SSSR count). The predicted octanol–water partition coefficient (Wildman–Crippen LogP) is 4.45. The van der Waals surface area contributed by atoms with E-state index >= 15 is 4.39 Å². The third-order valence-corrected chi connectivity index (χ3v) is 12.9. The Balaban J connectivity index is 0.722. The van der Waals surface area contributed by atoms with Crippen molar-refractivity contribution < 1.29 is 28.3 Å². The van der Waals surface area contributed by atoms with Crippen molar-refractivity contribution in [3.63, 3.8) is 0 Å². The number of carbonyl (C=O) groups excluding carboxylic acids is 4. The summed E-state index contributed by atoms with van der Waals surface area (Å²) in [4.78, 5) is 67.2. The fourth-order valence-corrected chi connectivity index (χ4v) is 9.50. The molecule has 5 aliphatic heterocycles. The normalized spacial score (nSPS) is 23.2. The van der Waals surface area contributed by atoms with E-state index in [1.54, 1.807) is 12.1 Å². The molecule has 7 heterocycles. The van der Waals surface area contributed by atoms with Crippen LogP contribution in [-0.4, -0.2) is 122 Å². The Bertz CT molecular complexity index is 2480. The Hall–Kier alpha value is -6.26. The number of nitrogen functional groups attached to an aromatic ring is 1. The number of rotatable bonds is 9. The second-order valence-electron chi connectivity index (χ2n) is 16.5. The first-order chi connectivity index (χ1) is 29.2. The number of nitrogens with zero attached hydrogens (tertiary/aromatic N) is 8. The average molecular weight is 813 g/mol. The zero-order valence-corrected chi connectivity index (χ0v) is 33.0. The Kier molecular flexibility index (Phi) is 9.75. The van der Waals surface area contributed by atoms with E-state index in [1.165, 1.54) is 6.33 Å². The van der Waals surface area contributed by atoms with E-state index in [0.717, 1.165) is 77.6 Å². The molecule has 0 spiro atoms. The van der Waals surface area contributed by atoms with Crippen LogP contribution in [0.5, 0.6) is 11.5 Å². The summed E-state index contributed by atoms with van der Waals surface area (Å²) in [6.07, 6.45) is 3.23. The van der Waals surface area contributed by atoms with Gasteiger partial charge >= 0.3 is 0 Å². The molecule has 3 N–H and O–H groups in total. The zero-order chi connectivity index (χ0) is 41.1. The SMILES string of the molecule is Nc1ncnc2c1c(-c1ccc(Oc3ccccc3)cc1)nn2C1CCN(CC2CCN(C3CN(c4ccc5c(c4)C(=O)N(C4CCC(=O)NC4=O)C5=O)C3)C[C@H]2F)CC1. The first-order valence-electron chi connectivity index (χ1n) is 20.7. The molecule has 16 heteroatoms. The van der Waals surface area contributed by atoms with Gasteiger partial charge < -0.3 is 20.3 Å². The number of fused-ring (bicyclic) bond motifs is 2. The van der Waals surface area contributed by atoms with Crippen LogP contribution in [0.3, 0.4) is 0 Å². The van der Waals surface area contributed by atoms with Gasteiger partial charge in [-0.05, 0) is 86.8 Å². The van der Waals surface area contributed by atoms with Crippen molar-refractivity contribution in [2.75, 3.05) is 56.4 Å². The summed E-state index contributed by atoms with van der Waals surface area (Å²) in [5, 5.41) is 8.03. The Morgan fingerprint density at radius 1 is 0.800 bits per heavy atom. The molecular formula is C44H45FN10O5. The number of ether oxygens (including phenoxy) is 1. The average Bonchev–Trinajstić information content (AvgIpc) is 3.74. The molecule has 308 valence electrons. The number of hydrogen-bond acceptors (Lipinski definition) is 12. The molecule has 2 unspecified atom stereocenters. The molecule has 5 aromatic rings. The van der Waals surface area contributed by atoms with Crippen LogP contribution in [0.25, 0.3) is 22.3 Å². The number of halogens is 1. The van der Waals surface area contributed by atoms with Crippen LogP contribution >= 0.6 is 0 Å². The first-order valence-corrected chi connectivity index (χ1v) is 20.7. The Morgan fingerprint density at radius 2 is 1.55 bits per heavy atom. The van der Waals surface area contributed by atoms with E-state index in [2.05, 4.69) is 30.0 Å². The summed E-state index contributed by atoms with van der Waals surface area (Å²) >= 11 is 0. The number of nitrogens with one attached hydrogen (secondary N) is 1. The number of piperidine rings is 3. The molecule has 4 fully saturated rings. The Morgan fingerprint density at radius 3 is 2.30 bits per heavy atom. The monoisotopic (exact) mass is 812 g/mol. The molecule has 0 bridgehead atoms. The lowest BCUT2D eigenvalue weighted by Crippen LogP contribution is -2.62. The second-order valence-corrected chi connectivity index (χ2v) is 16.5. The minimum atomic E-state index is -1.00. The number of carbonyl (C=O) groups is 4.